The minimum atomic E-state index is -3.89. The third-order valence-electron chi connectivity index (χ3n) is 5.18. The van der Waals surface area contributed by atoms with E-state index >= 15 is 0 Å². The fourth-order valence-electron chi connectivity index (χ4n) is 3.45. The number of sulfonamides is 1. The maximum atomic E-state index is 13.0. The summed E-state index contributed by atoms with van der Waals surface area (Å²) >= 11 is 1.19. The van der Waals surface area contributed by atoms with E-state index in [9.17, 15) is 18.5 Å². The highest BCUT2D eigenvalue weighted by Crippen LogP contribution is 2.30. The quantitative estimate of drug-likeness (QED) is 0.261. The molecular weight excluding hydrogens is 573 g/mol. The number of nitrogens with two attached hydrogens (primary N) is 1. The van der Waals surface area contributed by atoms with Gasteiger partial charge in [0.25, 0.3) is 15.6 Å². The van der Waals surface area contributed by atoms with Crippen molar-refractivity contribution < 1.29 is 8.42 Å². The molecule has 42 heavy (non-hydrogen) atoms. The number of hydrogen-bond acceptors (Lipinski definition) is 9. The van der Waals surface area contributed by atoms with E-state index in [1.165, 1.54) is 41.4 Å². The number of aryl methyl sites for hydroxylation is 1. The average molecular weight is 607 g/mol. The molecule has 0 amide bonds. The number of anilines is 1. The summed E-state index contributed by atoms with van der Waals surface area (Å²) in [7, 11) is -2.39. The Labute approximate surface area is 249 Å². The number of rotatable bonds is 6. The second-order valence-corrected chi connectivity index (χ2v) is 10.3. The topological polar surface area (TPSA) is 161 Å². The minimum absolute atomic E-state index is 0.0730. The van der Waals surface area contributed by atoms with Gasteiger partial charge in [-0.15, -0.1) is 14.9 Å². The Morgan fingerprint density at radius 1 is 0.976 bits per heavy atom. The molecule has 0 radical (unpaired) electrons. The zero-order valence-electron chi connectivity index (χ0n) is 24.3. The van der Waals surface area contributed by atoms with Crippen molar-refractivity contribution >= 4 is 38.8 Å². The van der Waals surface area contributed by atoms with Crippen molar-refractivity contribution in [2.45, 2.75) is 34.6 Å². The monoisotopic (exact) mass is 606 g/mol. The van der Waals surface area contributed by atoms with Crippen molar-refractivity contribution in [3.8, 4) is 27.3 Å². The first kappa shape index (κ1) is 33.6. The molecule has 0 atom stereocenters. The number of nitriles is 1. The van der Waals surface area contributed by atoms with E-state index in [0.29, 0.717) is 10.0 Å². The summed E-state index contributed by atoms with van der Waals surface area (Å²) in [6.45, 7) is 9.94. The van der Waals surface area contributed by atoms with Crippen LogP contribution < -0.4 is 16.0 Å². The lowest BCUT2D eigenvalue weighted by atomic mass is 10.2. The largest absolute Gasteiger partial charge is 0.333 e. The molecule has 5 aromatic rings. The molecule has 11 nitrogen and oxygen atoms in total. The summed E-state index contributed by atoms with van der Waals surface area (Å²) in [6, 6.07) is 16.7. The van der Waals surface area contributed by atoms with Gasteiger partial charge in [0, 0.05) is 5.56 Å². The average Bonchev–Trinajstić information content (AvgIpc) is 3.62. The molecule has 5 rings (SSSR count). The summed E-state index contributed by atoms with van der Waals surface area (Å²) in [6.07, 6.45) is 5.85. The Balaban J connectivity index is 0.000000966. The molecule has 3 heterocycles. The van der Waals surface area contributed by atoms with Gasteiger partial charge in [-0.05, 0) is 25.6 Å². The summed E-state index contributed by atoms with van der Waals surface area (Å²) in [4.78, 5) is 17.3. The normalized spacial score (nSPS) is 10.4. The van der Waals surface area contributed by atoms with Crippen LogP contribution in [0.1, 0.15) is 38.8 Å². The lowest BCUT2D eigenvalue weighted by Gasteiger charge is -2.05. The molecule has 0 fully saturated rings. The summed E-state index contributed by atoms with van der Waals surface area (Å²) in [5, 5.41) is 19.8. The molecule has 0 aliphatic carbocycles. The van der Waals surface area contributed by atoms with Gasteiger partial charge in [0.05, 0.1) is 23.5 Å². The maximum absolute atomic E-state index is 13.0. The lowest BCUT2D eigenvalue weighted by Crippen LogP contribution is -2.16. The van der Waals surface area contributed by atoms with E-state index in [0.717, 1.165) is 26.8 Å². The number of hydrogen-bond donors (Lipinski definition) is 2. The van der Waals surface area contributed by atoms with Crippen LogP contribution in [0.4, 0.5) is 5.69 Å². The highest BCUT2D eigenvalue weighted by Gasteiger charge is 2.22. The van der Waals surface area contributed by atoms with Gasteiger partial charge in [0.15, 0.2) is 10.7 Å². The first-order valence-electron chi connectivity index (χ1n) is 13.1. The van der Waals surface area contributed by atoms with Gasteiger partial charge in [-0.2, -0.15) is 5.26 Å². The highest BCUT2D eigenvalue weighted by molar-refractivity contribution is 7.95. The fraction of sp³-hybridized carbons (Fsp3) is 0.207. The van der Waals surface area contributed by atoms with E-state index in [1.807, 2.05) is 77.1 Å². The molecule has 0 spiro atoms. The van der Waals surface area contributed by atoms with E-state index in [2.05, 4.69) is 25.6 Å². The van der Waals surface area contributed by atoms with Crippen molar-refractivity contribution in [2.75, 3.05) is 11.8 Å². The van der Waals surface area contributed by atoms with Crippen molar-refractivity contribution in [2.24, 2.45) is 5.73 Å². The zero-order valence-corrected chi connectivity index (χ0v) is 25.9. The van der Waals surface area contributed by atoms with E-state index in [4.69, 9.17) is 0 Å². The van der Waals surface area contributed by atoms with Crippen molar-refractivity contribution in [1.82, 2.24) is 24.4 Å². The van der Waals surface area contributed by atoms with Gasteiger partial charge in [0.2, 0.25) is 6.19 Å². The summed E-state index contributed by atoms with van der Waals surface area (Å²) in [5.41, 5.74) is 6.81. The molecule has 13 heteroatoms. The van der Waals surface area contributed by atoms with Crippen LogP contribution in [-0.4, -0.2) is 39.8 Å². The Morgan fingerprint density at radius 2 is 1.60 bits per heavy atom. The molecule has 3 aromatic heterocycles. The van der Waals surface area contributed by atoms with Gasteiger partial charge >= 0.3 is 0 Å². The predicted octanol–water partition coefficient (Wildman–Crippen LogP) is 5.36. The van der Waals surface area contributed by atoms with Crippen LogP contribution in [0.15, 0.2) is 77.2 Å². The van der Waals surface area contributed by atoms with E-state index in [-0.39, 0.29) is 16.9 Å². The number of fused-ring (bicyclic) bond motifs is 1. The summed E-state index contributed by atoms with van der Waals surface area (Å²) in [5.74, 6) is 0. The Kier molecular flexibility index (Phi) is 12.8. The Hall–Kier alpha value is -4.64. The van der Waals surface area contributed by atoms with Crippen molar-refractivity contribution in [3.05, 3.63) is 93.9 Å². The number of benzene rings is 2. The van der Waals surface area contributed by atoms with E-state index in [1.54, 1.807) is 18.3 Å². The van der Waals surface area contributed by atoms with Crippen LogP contribution in [0.5, 0.6) is 0 Å². The smallest absolute Gasteiger partial charge is 0.293 e. The molecule has 0 saturated carbocycles. The first-order chi connectivity index (χ1) is 20.3. The summed E-state index contributed by atoms with van der Waals surface area (Å²) < 4.78 is 29.5. The van der Waals surface area contributed by atoms with E-state index < -0.39 is 15.6 Å². The van der Waals surface area contributed by atoms with Gasteiger partial charge in [-0.25, -0.2) is 17.9 Å². The van der Waals surface area contributed by atoms with Gasteiger partial charge in [0.1, 0.15) is 10.6 Å². The molecule has 0 saturated heterocycles. The van der Waals surface area contributed by atoms with Gasteiger partial charge < -0.3 is 5.73 Å². The van der Waals surface area contributed by atoms with Crippen LogP contribution in [0.2, 0.25) is 0 Å². The van der Waals surface area contributed by atoms with Gasteiger partial charge in [-0.1, -0.05) is 99.2 Å². The molecular formula is C29H34N8O3S2. The van der Waals surface area contributed by atoms with Crippen molar-refractivity contribution in [3.63, 3.8) is 0 Å². The van der Waals surface area contributed by atoms with Gasteiger partial charge in [-0.3, -0.25) is 9.52 Å². The highest BCUT2D eigenvalue weighted by atomic mass is 32.2. The molecule has 220 valence electrons. The lowest BCUT2D eigenvalue weighted by molar-refractivity contribution is 0.609. The SMILES string of the molecule is CC.CC.CN.Cc1ccc(/C=C/S(=O)(=O)Nc2cnc3c(-c4nnc(-c5ccccc5)s4)c(=O)n(C#N)n3c2)cc1. The van der Waals surface area contributed by atoms with Crippen LogP contribution in [0, 0.1) is 18.4 Å². The molecule has 0 aliphatic heterocycles. The Morgan fingerprint density at radius 3 is 2.21 bits per heavy atom. The zero-order chi connectivity index (χ0) is 31.3. The number of aromatic nitrogens is 5. The minimum Gasteiger partial charge on any atom is -0.333 e. The maximum Gasteiger partial charge on any atom is 0.293 e. The fourth-order valence-corrected chi connectivity index (χ4v) is 5.17. The molecule has 2 aromatic carbocycles. The van der Waals surface area contributed by atoms with Crippen LogP contribution in [0.3, 0.4) is 0 Å². The molecule has 0 bridgehead atoms. The van der Waals surface area contributed by atoms with Crippen LogP contribution in [0.25, 0.3) is 32.9 Å². The number of nitrogens with zero attached hydrogens (tertiary/aromatic N) is 6. The third kappa shape index (κ3) is 7.97. The van der Waals surface area contributed by atoms with Crippen molar-refractivity contribution in [1.29, 1.82) is 5.26 Å². The molecule has 0 aliphatic rings. The first-order valence-corrected chi connectivity index (χ1v) is 15.5. The van der Waals surface area contributed by atoms with Crippen LogP contribution in [-0.2, 0) is 10.0 Å². The number of nitrogens with one attached hydrogen (secondary N) is 1. The second-order valence-electron chi connectivity index (χ2n) is 7.74. The molecule has 3 N–H and O–H groups in total. The third-order valence-corrected chi connectivity index (χ3v) is 7.19. The standard InChI is InChI=1S/C24H17N7O3S2.2C2H6.CH5N/c1-16-7-9-17(10-8-16)11-12-36(33,34)29-19-13-26-21-20(24(32)31(15-25)30(21)14-19)23-28-27-22(35-23)18-5-3-2-4-6-18;3*1-2/h2-14,29H,1H3;2*1-2H3;2H2,1H3/b12-11+;;;. The second kappa shape index (κ2) is 16.0. The van der Waals surface area contributed by atoms with Crippen LogP contribution >= 0.6 is 11.3 Å². The Bertz CT molecular complexity index is 1820. The molecule has 0 unspecified atom stereocenters. The predicted molar refractivity (Wildman–Crippen MR) is 170 cm³/mol.